The predicted octanol–water partition coefficient (Wildman–Crippen LogP) is 2.11. The van der Waals surface area contributed by atoms with Crippen molar-refractivity contribution in [3.63, 3.8) is 0 Å². The first-order chi connectivity index (χ1) is 8.08. The van der Waals surface area contributed by atoms with Gasteiger partial charge >= 0.3 is 6.01 Å². The summed E-state index contributed by atoms with van der Waals surface area (Å²) < 4.78 is 4.97. The minimum absolute atomic E-state index is 0.149. The van der Waals surface area contributed by atoms with Crippen molar-refractivity contribution >= 4 is 29.3 Å². The molecule has 1 aromatic rings. The third-order valence-corrected chi connectivity index (χ3v) is 3.29. The third-order valence-electron chi connectivity index (χ3n) is 2.47. The normalized spacial score (nSPS) is 12.3. The number of anilines is 1. The Morgan fingerprint density at radius 1 is 1.41 bits per heavy atom. The van der Waals surface area contributed by atoms with Crippen molar-refractivity contribution in [3.8, 4) is 6.01 Å². The lowest BCUT2D eigenvalue weighted by atomic mass is 10.2. The number of aromatic nitrogens is 3. The molecule has 1 unspecified atom stereocenters. The fraction of sp³-hybridized carbons (Fsp3) is 0.700. The van der Waals surface area contributed by atoms with Crippen LogP contribution in [0.25, 0.3) is 0 Å². The van der Waals surface area contributed by atoms with Crippen LogP contribution in [0.2, 0.25) is 5.28 Å². The number of nitrogens with zero attached hydrogens (tertiary/aromatic N) is 4. The van der Waals surface area contributed by atoms with E-state index in [-0.39, 0.29) is 11.3 Å². The average Bonchev–Trinajstić information content (AvgIpc) is 2.34. The Morgan fingerprint density at radius 3 is 2.71 bits per heavy atom. The fourth-order valence-corrected chi connectivity index (χ4v) is 1.97. The average molecular weight is 277 g/mol. The van der Waals surface area contributed by atoms with Gasteiger partial charge in [0.05, 0.1) is 7.11 Å². The minimum Gasteiger partial charge on any atom is -0.467 e. The first kappa shape index (κ1) is 14.3. The SMILES string of the molecule is COc1nc(Cl)nc(N(C)C(C)CCSC)n1. The number of hydrogen-bond donors (Lipinski definition) is 0. The van der Waals surface area contributed by atoms with Crippen LogP contribution in [0.15, 0.2) is 0 Å². The van der Waals surface area contributed by atoms with E-state index in [1.165, 1.54) is 7.11 Å². The molecule has 0 aliphatic rings. The molecule has 96 valence electrons. The Balaban J connectivity index is 2.80. The largest absolute Gasteiger partial charge is 0.467 e. The summed E-state index contributed by atoms with van der Waals surface area (Å²) in [6.07, 6.45) is 3.15. The second kappa shape index (κ2) is 6.86. The maximum atomic E-state index is 5.81. The zero-order chi connectivity index (χ0) is 12.8. The van der Waals surface area contributed by atoms with E-state index in [0.717, 1.165) is 12.2 Å². The van der Waals surface area contributed by atoms with E-state index < -0.39 is 0 Å². The quantitative estimate of drug-likeness (QED) is 0.793. The Morgan fingerprint density at radius 2 is 2.12 bits per heavy atom. The molecule has 0 N–H and O–H groups in total. The number of rotatable bonds is 6. The van der Waals surface area contributed by atoms with Gasteiger partial charge in [-0.25, -0.2) is 0 Å². The monoisotopic (exact) mass is 276 g/mol. The van der Waals surface area contributed by atoms with E-state index in [0.29, 0.717) is 12.0 Å². The van der Waals surface area contributed by atoms with Crippen LogP contribution < -0.4 is 9.64 Å². The predicted molar refractivity (Wildman–Crippen MR) is 72.3 cm³/mol. The molecule has 0 saturated heterocycles. The lowest BCUT2D eigenvalue weighted by Gasteiger charge is -2.24. The molecule has 0 amide bonds. The molecule has 0 fully saturated rings. The number of hydrogen-bond acceptors (Lipinski definition) is 6. The number of thioether (sulfide) groups is 1. The molecule has 7 heteroatoms. The van der Waals surface area contributed by atoms with Crippen LogP contribution in [-0.2, 0) is 0 Å². The summed E-state index contributed by atoms with van der Waals surface area (Å²) in [4.78, 5) is 14.1. The fourth-order valence-electron chi connectivity index (χ4n) is 1.25. The Kier molecular flexibility index (Phi) is 5.77. The molecule has 17 heavy (non-hydrogen) atoms. The van der Waals surface area contributed by atoms with Crippen LogP contribution in [0.1, 0.15) is 13.3 Å². The van der Waals surface area contributed by atoms with E-state index in [1.807, 2.05) is 23.7 Å². The summed E-state index contributed by atoms with van der Waals surface area (Å²) in [5, 5.41) is 0.149. The highest BCUT2D eigenvalue weighted by atomic mass is 35.5. The molecule has 0 spiro atoms. The van der Waals surface area contributed by atoms with Gasteiger partial charge in [0.2, 0.25) is 11.2 Å². The van der Waals surface area contributed by atoms with Gasteiger partial charge < -0.3 is 9.64 Å². The third kappa shape index (κ3) is 4.20. The first-order valence-electron chi connectivity index (χ1n) is 5.25. The molecular formula is C10H17ClN4OS. The van der Waals surface area contributed by atoms with Crippen molar-refractivity contribution in [2.24, 2.45) is 0 Å². The molecule has 1 rings (SSSR count). The summed E-state index contributed by atoms with van der Waals surface area (Å²) in [5.41, 5.74) is 0. The van der Waals surface area contributed by atoms with Crippen LogP contribution in [0.5, 0.6) is 6.01 Å². The maximum absolute atomic E-state index is 5.81. The van der Waals surface area contributed by atoms with Crippen molar-refractivity contribution in [2.45, 2.75) is 19.4 Å². The molecule has 0 bridgehead atoms. The van der Waals surface area contributed by atoms with E-state index in [2.05, 4.69) is 28.1 Å². The second-order valence-electron chi connectivity index (χ2n) is 3.63. The summed E-state index contributed by atoms with van der Waals surface area (Å²) >= 11 is 7.63. The summed E-state index contributed by atoms with van der Waals surface area (Å²) in [5.74, 6) is 1.64. The molecule has 0 radical (unpaired) electrons. The molecule has 1 heterocycles. The number of halogens is 1. The Labute approximate surface area is 111 Å². The van der Waals surface area contributed by atoms with E-state index in [1.54, 1.807) is 0 Å². The van der Waals surface area contributed by atoms with E-state index in [9.17, 15) is 0 Å². The van der Waals surface area contributed by atoms with Crippen molar-refractivity contribution in [3.05, 3.63) is 5.28 Å². The van der Waals surface area contributed by atoms with Crippen molar-refractivity contribution in [2.75, 3.05) is 31.1 Å². The van der Waals surface area contributed by atoms with Gasteiger partial charge in [0, 0.05) is 13.1 Å². The van der Waals surface area contributed by atoms with Gasteiger partial charge in [-0.15, -0.1) is 0 Å². The van der Waals surface area contributed by atoms with Crippen LogP contribution >= 0.6 is 23.4 Å². The Hall–Kier alpha value is -0.750. The smallest absolute Gasteiger partial charge is 0.322 e. The van der Waals surface area contributed by atoms with Gasteiger partial charge in [0.1, 0.15) is 0 Å². The van der Waals surface area contributed by atoms with Gasteiger partial charge in [-0.3, -0.25) is 0 Å². The van der Waals surface area contributed by atoms with Crippen LogP contribution in [-0.4, -0.2) is 47.2 Å². The van der Waals surface area contributed by atoms with Gasteiger partial charge in [0.15, 0.2) is 0 Å². The molecule has 0 aliphatic carbocycles. The van der Waals surface area contributed by atoms with Crippen molar-refractivity contribution in [1.29, 1.82) is 0 Å². The van der Waals surface area contributed by atoms with Gasteiger partial charge in [-0.2, -0.15) is 26.7 Å². The molecule has 1 atom stereocenters. The van der Waals surface area contributed by atoms with Crippen LogP contribution in [0.4, 0.5) is 5.95 Å². The topological polar surface area (TPSA) is 51.1 Å². The standard InChI is InChI=1S/C10H17ClN4OS/c1-7(5-6-17-4)15(2)9-12-8(11)13-10(14-9)16-3/h7H,5-6H2,1-4H3. The molecule has 5 nitrogen and oxygen atoms in total. The molecular weight excluding hydrogens is 260 g/mol. The van der Waals surface area contributed by atoms with Gasteiger partial charge in [-0.05, 0) is 37.0 Å². The highest BCUT2D eigenvalue weighted by Gasteiger charge is 2.14. The minimum atomic E-state index is 0.149. The van der Waals surface area contributed by atoms with Gasteiger partial charge in [-0.1, -0.05) is 0 Å². The zero-order valence-corrected chi connectivity index (χ0v) is 12.0. The zero-order valence-electron chi connectivity index (χ0n) is 10.5. The summed E-state index contributed by atoms with van der Waals surface area (Å²) in [6.45, 7) is 2.13. The number of methoxy groups -OCH3 is 1. The summed E-state index contributed by atoms with van der Waals surface area (Å²) in [7, 11) is 3.45. The Bertz CT molecular complexity index is 366. The molecule has 1 aromatic heterocycles. The van der Waals surface area contributed by atoms with Crippen molar-refractivity contribution in [1.82, 2.24) is 15.0 Å². The van der Waals surface area contributed by atoms with E-state index in [4.69, 9.17) is 16.3 Å². The highest BCUT2D eigenvalue weighted by molar-refractivity contribution is 7.98. The van der Waals surface area contributed by atoms with E-state index >= 15 is 0 Å². The van der Waals surface area contributed by atoms with Gasteiger partial charge in [0.25, 0.3) is 0 Å². The molecule has 0 saturated carbocycles. The van der Waals surface area contributed by atoms with Crippen molar-refractivity contribution < 1.29 is 4.74 Å². The lowest BCUT2D eigenvalue weighted by Crippen LogP contribution is -2.31. The molecule has 0 aromatic carbocycles. The van der Waals surface area contributed by atoms with Crippen LogP contribution in [0, 0.1) is 0 Å². The first-order valence-corrected chi connectivity index (χ1v) is 7.03. The number of ether oxygens (including phenoxy) is 1. The lowest BCUT2D eigenvalue weighted by molar-refractivity contribution is 0.377. The maximum Gasteiger partial charge on any atom is 0.322 e. The second-order valence-corrected chi connectivity index (χ2v) is 4.96. The highest BCUT2D eigenvalue weighted by Crippen LogP contribution is 2.17. The molecule has 0 aliphatic heterocycles. The summed E-state index contributed by atoms with van der Waals surface area (Å²) in [6, 6.07) is 0.578. The van der Waals surface area contributed by atoms with Crippen LogP contribution in [0.3, 0.4) is 0 Å².